The van der Waals surface area contributed by atoms with Crippen molar-refractivity contribution in [3.05, 3.63) is 84.1 Å². The van der Waals surface area contributed by atoms with Gasteiger partial charge < -0.3 is 11.1 Å². The molecule has 0 atom stereocenters. The van der Waals surface area contributed by atoms with Crippen LogP contribution in [-0.2, 0) is 11.2 Å². The molecule has 0 aliphatic rings. The number of carbonyl (C=O) groups is 2. The van der Waals surface area contributed by atoms with Crippen molar-refractivity contribution in [2.75, 3.05) is 7.05 Å². The van der Waals surface area contributed by atoms with Gasteiger partial charge in [-0.2, -0.15) is 5.10 Å². The Balaban J connectivity index is 1.69. The molecule has 0 saturated heterocycles. The molecule has 1 heterocycles. The van der Waals surface area contributed by atoms with E-state index in [4.69, 9.17) is 5.73 Å². The Kier molecular flexibility index (Phi) is 4.83. The summed E-state index contributed by atoms with van der Waals surface area (Å²) in [4.78, 5) is 23.3. The minimum absolute atomic E-state index is 0.0222. The summed E-state index contributed by atoms with van der Waals surface area (Å²) in [5.74, 6) is -0.473. The number of likely N-dealkylation sites (N-methyl/N-ethyl adjacent to an activating group) is 1. The van der Waals surface area contributed by atoms with E-state index in [1.807, 2.05) is 59.3 Å². The number of fused-ring (bicyclic) bond motifs is 1. The van der Waals surface area contributed by atoms with E-state index in [0.717, 1.165) is 33.3 Å². The van der Waals surface area contributed by atoms with E-state index in [-0.39, 0.29) is 5.91 Å². The van der Waals surface area contributed by atoms with E-state index in [1.165, 1.54) is 0 Å². The third kappa shape index (κ3) is 3.60. The minimum atomic E-state index is -0.451. The highest BCUT2D eigenvalue weighted by Crippen LogP contribution is 2.28. The highest BCUT2D eigenvalue weighted by molar-refractivity contribution is 6.00. The van der Waals surface area contributed by atoms with Crippen LogP contribution >= 0.6 is 0 Å². The third-order valence-corrected chi connectivity index (χ3v) is 4.90. The number of benzene rings is 3. The zero-order valence-electron chi connectivity index (χ0n) is 15.9. The average molecular weight is 384 g/mol. The van der Waals surface area contributed by atoms with Crippen LogP contribution in [0.25, 0.3) is 27.7 Å². The second-order valence-corrected chi connectivity index (χ2v) is 6.76. The molecular formula is C23H20N4O2. The molecule has 0 fully saturated rings. The Hall–Kier alpha value is -3.93. The summed E-state index contributed by atoms with van der Waals surface area (Å²) < 4.78 is 1.85. The topological polar surface area (TPSA) is 90.0 Å². The number of primary amides is 1. The van der Waals surface area contributed by atoms with E-state index in [9.17, 15) is 9.59 Å². The van der Waals surface area contributed by atoms with E-state index in [2.05, 4.69) is 10.4 Å². The minimum Gasteiger partial charge on any atom is -0.366 e. The first-order valence-corrected chi connectivity index (χ1v) is 9.23. The number of aromatic nitrogens is 2. The van der Waals surface area contributed by atoms with Crippen LogP contribution in [-0.4, -0.2) is 28.6 Å². The molecule has 3 aromatic carbocycles. The third-order valence-electron chi connectivity index (χ3n) is 4.90. The molecule has 0 aliphatic heterocycles. The lowest BCUT2D eigenvalue weighted by Crippen LogP contribution is -2.19. The van der Waals surface area contributed by atoms with Gasteiger partial charge in [0.1, 0.15) is 0 Å². The molecule has 0 spiro atoms. The van der Waals surface area contributed by atoms with Crippen molar-refractivity contribution in [1.29, 1.82) is 0 Å². The fourth-order valence-electron chi connectivity index (χ4n) is 3.38. The first kappa shape index (κ1) is 18.4. The zero-order chi connectivity index (χ0) is 20.4. The van der Waals surface area contributed by atoms with E-state index < -0.39 is 5.91 Å². The standard InChI is InChI=1S/C23H20N4O2/c1-25-22(28)12-15-6-9-18(10-7-15)27-21-11-8-16(13-17(21)14-26-27)19-4-2-3-5-20(19)23(24)29/h2-11,13-14H,12H2,1H3,(H2,24,29)(H,25,28). The number of nitrogens with two attached hydrogens (primary N) is 1. The molecule has 29 heavy (non-hydrogen) atoms. The monoisotopic (exact) mass is 384 g/mol. The van der Waals surface area contributed by atoms with Crippen molar-refractivity contribution in [3.8, 4) is 16.8 Å². The fraction of sp³-hybridized carbons (Fsp3) is 0.0870. The first-order chi connectivity index (χ1) is 14.1. The number of amides is 2. The molecule has 6 nitrogen and oxygen atoms in total. The number of hydrogen-bond donors (Lipinski definition) is 2. The molecule has 3 N–H and O–H groups in total. The summed E-state index contributed by atoms with van der Waals surface area (Å²) >= 11 is 0. The van der Waals surface area contributed by atoms with Crippen LogP contribution in [0.5, 0.6) is 0 Å². The van der Waals surface area contributed by atoms with Gasteiger partial charge >= 0.3 is 0 Å². The van der Waals surface area contributed by atoms with Crippen molar-refractivity contribution >= 4 is 22.7 Å². The van der Waals surface area contributed by atoms with Crippen LogP contribution in [0, 0.1) is 0 Å². The summed E-state index contributed by atoms with van der Waals surface area (Å²) in [5.41, 5.74) is 10.5. The molecule has 2 amide bonds. The summed E-state index contributed by atoms with van der Waals surface area (Å²) in [7, 11) is 1.63. The number of nitrogens with one attached hydrogen (secondary N) is 1. The fourth-order valence-corrected chi connectivity index (χ4v) is 3.38. The zero-order valence-corrected chi connectivity index (χ0v) is 15.9. The van der Waals surface area contributed by atoms with Crippen LogP contribution in [0.15, 0.2) is 72.9 Å². The van der Waals surface area contributed by atoms with E-state index in [1.54, 1.807) is 25.4 Å². The lowest BCUT2D eigenvalue weighted by atomic mass is 9.98. The van der Waals surface area contributed by atoms with Gasteiger partial charge in [-0.3, -0.25) is 9.59 Å². The maximum absolute atomic E-state index is 11.7. The van der Waals surface area contributed by atoms with E-state index >= 15 is 0 Å². The SMILES string of the molecule is CNC(=O)Cc1ccc(-n2ncc3cc(-c4ccccc4C(N)=O)ccc32)cc1. The largest absolute Gasteiger partial charge is 0.366 e. The maximum atomic E-state index is 11.7. The second-order valence-electron chi connectivity index (χ2n) is 6.76. The van der Waals surface area contributed by atoms with Gasteiger partial charge in [-0.05, 0) is 47.0 Å². The molecule has 4 aromatic rings. The average Bonchev–Trinajstić information content (AvgIpc) is 3.17. The number of hydrogen-bond acceptors (Lipinski definition) is 3. The molecule has 0 radical (unpaired) electrons. The molecule has 0 unspecified atom stereocenters. The highest BCUT2D eigenvalue weighted by atomic mass is 16.1. The van der Waals surface area contributed by atoms with Gasteiger partial charge in [-0.15, -0.1) is 0 Å². The Bertz CT molecular complexity index is 1210. The maximum Gasteiger partial charge on any atom is 0.249 e. The van der Waals surface area contributed by atoms with Crippen LogP contribution < -0.4 is 11.1 Å². The van der Waals surface area contributed by atoms with Gasteiger partial charge in [-0.25, -0.2) is 4.68 Å². The van der Waals surface area contributed by atoms with Crippen LogP contribution in [0.1, 0.15) is 15.9 Å². The predicted molar refractivity (Wildman–Crippen MR) is 113 cm³/mol. The van der Waals surface area contributed by atoms with Gasteiger partial charge in [0.15, 0.2) is 0 Å². The predicted octanol–water partition coefficient (Wildman–Crippen LogP) is 3.08. The van der Waals surface area contributed by atoms with Crippen molar-refractivity contribution in [3.63, 3.8) is 0 Å². The van der Waals surface area contributed by atoms with Crippen molar-refractivity contribution in [1.82, 2.24) is 15.1 Å². The lowest BCUT2D eigenvalue weighted by Gasteiger charge is -2.08. The Morgan fingerprint density at radius 3 is 2.52 bits per heavy atom. The summed E-state index contributed by atoms with van der Waals surface area (Å²) in [6, 6.07) is 21.0. The Labute approximate surface area is 168 Å². The number of carbonyl (C=O) groups excluding carboxylic acids is 2. The normalized spacial score (nSPS) is 10.8. The first-order valence-electron chi connectivity index (χ1n) is 9.23. The molecule has 4 rings (SSSR count). The van der Waals surface area contributed by atoms with Gasteiger partial charge in [-0.1, -0.05) is 36.4 Å². The van der Waals surface area contributed by atoms with Crippen LogP contribution in [0.3, 0.4) is 0 Å². The van der Waals surface area contributed by atoms with Crippen LogP contribution in [0.4, 0.5) is 0 Å². The molecule has 0 bridgehead atoms. The van der Waals surface area contributed by atoms with Crippen LogP contribution in [0.2, 0.25) is 0 Å². The Morgan fingerprint density at radius 2 is 1.79 bits per heavy atom. The quantitative estimate of drug-likeness (QED) is 0.554. The van der Waals surface area contributed by atoms with Crippen molar-refractivity contribution in [2.24, 2.45) is 5.73 Å². The van der Waals surface area contributed by atoms with E-state index in [0.29, 0.717) is 12.0 Å². The summed E-state index contributed by atoms with van der Waals surface area (Å²) in [6.07, 6.45) is 2.14. The molecule has 1 aromatic heterocycles. The lowest BCUT2D eigenvalue weighted by molar-refractivity contribution is -0.119. The highest BCUT2D eigenvalue weighted by Gasteiger charge is 2.12. The number of rotatable bonds is 5. The van der Waals surface area contributed by atoms with Gasteiger partial charge in [0, 0.05) is 18.0 Å². The molecule has 0 aliphatic carbocycles. The molecule has 6 heteroatoms. The van der Waals surface area contributed by atoms with Gasteiger partial charge in [0.25, 0.3) is 0 Å². The molecular weight excluding hydrogens is 364 g/mol. The summed E-state index contributed by atoms with van der Waals surface area (Å²) in [5, 5.41) is 8.09. The molecule has 144 valence electrons. The van der Waals surface area contributed by atoms with Crippen molar-refractivity contribution < 1.29 is 9.59 Å². The smallest absolute Gasteiger partial charge is 0.249 e. The second kappa shape index (κ2) is 7.59. The molecule has 0 saturated carbocycles. The Morgan fingerprint density at radius 1 is 1.03 bits per heavy atom. The van der Waals surface area contributed by atoms with Gasteiger partial charge in [0.05, 0.1) is 23.8 Å². The van der Waals surface area contributed by atoms with Gasteiger partial charge in [0.2, 0.25) is 11.8 Å². The van der Waals surface area contributed by atoms with Crippen molar-refractivity contribution in [2.45, 2.75) is 6.42 Å². The number of nitrogens with zero attached hydrogens (tertiary/aromatic N) is 2. The summed E-state index contributed by atoms with van der Waals surface area (Å²) in [6.45, 7) is 0.